The molecule has 0 saturated heterocycles. The van der Waals surface area contributed by atoms with Crippen LogP contribution in [-0.4, -0.2) is 43.8 Å². The highest BCUT2D eigenvalue weighted by Crippen LogP contribution is 2.30. The number of hydrogen-bond acceptors (Lipinski definition) is 6. The fourth-order valence-electron chi connectivity index (χ4n) is 3.09. The Labute approximate surface area is 163 Å². The van der Waals surface area contributed by atoms with Gasteiger partial charge in [0, 0.05) is 18.5 Å². The summed E-state index contributed by atoms with van der Waals surface area (Å²) < 4.78 is 16.0. The van der Waals surface area contributed by atoms with Gasteiger partial charge in [-0.1, -0.05) is 18.9 Å². The van der Waals surface area contributed by atoms with Crippen LogP contribution in [0.2, 0.25) is 0 Å². The first-order valence-electron chi connectivity index (χ1n) is 9.45. The molecule has 1 aliphatic heterocycles. The SMILES string of the molecule is O=C(COC(=O)/C=C/c1ccc2c(c1)OCCCO2)NC(=O)NC1CCCC1. The minimum atomic E-state index is -0.682. The van der Waals surface area contributed by atoms with Gasteiger partial charge in [0.2, 0.25) is 0 Å². The summed E-state index contributed by atoms with van der Waals surface area (Å²) in [4.78, 5) is 35.2. The van der Waals surface area contributed by atoms with Crippen molar-refractivity contribution in [1.82, 2.24) is 10.6 Å². The van der Waals surface area contributed by atoms with Gasteiger partial charge in [-0.2, -0.15) is 0 Å². The molecule has 1 aliphatic carbocycles. The molecule has 3 rings (SSSR count). The van der Waals surface area contributed by atoms with Gasteiger partial charge in [0.1, 0.15) is 0 Å². The Morgan fingerprint density at radius 2 is 1.82 bits per heavy atom. The molecule has 0 unspecified atom stereocenters. The summed E-state index contributed by atoms with van der Waals surface area (Å²) >= 11 is 0. The van der Waals surface area contributed by atoms with Crippen molar-refractivity contribution in [2.75, 3.05) is 19.8 Å². The van der Waals surface area contributed by atoms with Crippen LogP contribution in [0, 0.1) is 0 Å². The lowest BCUT2D eigenvalue weighted by Gasteiger charge is -2.12. The minimum Gasteiger partial charge on any atom is -0.490 e. The zero-order valence-electron chi connectivity index (χ0n) is 15.6. The molecule has 3 amide bonds. The van der Waals surface area contributed by atoms with Crippen molar-refractivity contribution in [3.05, 3.63) is 29.8 Å². The molecule has 1 saturated carbocycles. The predicted octanol–water partition coefficient (Wildman–Crippen LogP) is 2.17. The molecule has 0 spiro atoms. The molecule has 1 heterocycles. The van der Waals surface area contributed by atoms with Crippen LogP contribution in [0.25, 0.3) is 6.08 Å². The number of imide groups is 1. The number of urea groups is 1. The normalized spacial score (nSPS) is 16.4. The molecule has 0 bridgehead atoms. The number of esters is 1. The molecule has 150 valence electrons. The summed E-state index contributed by atoms with van der Waals surface area (Å²) in [5.41, 5.74) is 0.738. The van der Waals surface area contributed by atoms with Crippen LogP contribution in [0.3, 0.4) is 0 Å². The lowest BCUT2D eigenvalue weighted by atomic mass is 10.2. The third-order valence-corrected chi connectivity index (χ3v) is 4.47. The second-order valence-electron chi connectivity index (χ2n) is 6.70. The highest BCUT2D eigenvalue weighted by molar-refractivity contribution is 5.96. The summed E-state index contributed by atoms with van der Waals surface area (Å²) in [5.74, 6) is -0.0586. The van der Waals surface area contributed by atoms with Gasteiger partial charge in [0.25, 0.3) is 5.91 Å². The van der Waals surface area contributed by atoms with E-state index in [1.54, 1.807) is 24.3 Å². The van der Waals surface area contributed by atoms with Crippen molar-refractivity contribution >= 4 is 24.0 Å². The van der Waals surface area contributed by atoms with Crippen molar-refractivity contribution in [2.24, 2.45) is 0 Å². The molecule has 0 atom stereocenters. The van der Waals surface area contributed by atoms with E-state index in [0.717, 1.165) is 37.7 Å². The molecule has 1 fully saturated rings. The Morgan fingerprint density at radius 1 is 1.07 bits per heavy atom. The summed E-state index contributed by atoms with van der Waals surface area (Å²) in [5, 5.41) is 4.88. The first kappa shape index (κ1) is 19.7. The molecule has 1 aromatic rings. The highest BCUT2D eigenvalue weighted by atomic mass is 16.5. The van der Waals surface area contributed by atoms with Crippen LogP contribution in [0.4, 0.5) is 4.79 Å². The van der Waals surface area contributed by atoms with E-state index in [1.165, 1.54) is 6.08 Å². The molecule has 2 aliphatic rings. The van der Waals surface area contributed by atoms with Crippen molar-refractivity contribution in [1.29, 1.82) is 0 Å². The number of carbonyl (C=O) groups excluding carboxylic acids is 3. The van der Waals surface area contributed by atoms with E-state index in [4.69, 9.17) is 14.2 Å². The molecule has 2 N–H and O–H groups in total. The van der Waals surface area contributed by atoms with E-state index < -0.39 is 24.5 Å². The molecular formula is C20H24N2O6. The lowest BCUT2D eigenvalue weighted by Crippen LogP contribution is -2.44. The average molecular weight is 388 g/mol. The van der Waals surface area contributed by atoms with Gasteiger partial charge in [0.15, 0.2) is 18.1 Å². The van der Waals surface area contributed by atoms with E-state index in [2.05, 4.69) is 10.6 Å². The van der Waals surface area contributed by atoms with Crippen LogP contribution in [0.1, 0.15) is 37.7 Å². The molecule has 1 aromatic carbocycles. The highest BCUT2D eigenvalue weighted by Gasteiger charge is 2.18. The van der Waals surface area contributed by atoms with Gasteiger partial charge < -0.3 is 19.5 Å². The fourth-order valence-corrected chi connectivity index (χ4v) is 3.09. The first-order chi connectivity index (χ1) is 13.6. The second-order valence-corrected chi connectivity index (χ2v) is 6.70. The summed E-state index contributed by atoms with van der Waals surface area (Å²) in [7, 11) is 0. The van der Waals surface area contributed by atoms with Crippen molar-refractivity contribution in [3.63, 3.8) is 0 Å². The van der Waals surface area contributed by atoms with Crippen LogP contribution < -0.4 is 20.1 Å². The largest absolute Gasteiger partial charge is 0.490 e. The van der Waals surface area contributed by atoms with E-state index in [0.29, 0.717) is 24.7 Å². The lowest BCUT2D eigenvalue weighted by molar-refractivity contribution is -0.143. The summed E-state index contributed by atoms with van der Waals surface area (Å²) in [6.45, 7) is 0.656. The third-order valence-electron chi connectivity index (χ3n) is 4.47. The van der Waals surface area contributed by atoms with E-state index in [9.17, 15) is 14.4 Å². The van der Waals surface area contributed by atoms with Gasteiger partial charge in [-0.15, -0.1) is 0 Å². The Balaban J connectivity index is 1.41. The topological polar surface area (TPSA) is 103 Å². The second kappa shape index (κ2) is 9.77. The molecule has 8 heteroatoms. The quantitative estimate of drug-likeness (QED) is 0.592. The summed E-state index contributed by atoms with van der Waals surface area (Å²) in [6.07, 6.45) is 7.57. The number of hydrogen-bond donors (Lipinski definition) is 2. The average Bonchev–Trinajstić information content (AvgIpc) is 3.07. The Hall–Kier alpha value is -3.03. The first-order valence-corrected chi connectivity index (χ1v) is 9.45. The van der Waals surface area contributed by atoms with Crippen molar-refractivity contribution < 1.29 is 28.6 Å². The molecular weight excluding hydrogens is 364 g/mol. The Kier molecular flexibility index (Phi) is 6.89. The Morgan fingerprint density at radius 3 is 2.61 bits per heavy atom. The number of benzene rings is 1. The third kappa shape index (κ3) is 6.00. The molecule has 0 aromatic heterocycles. The number of ether oxygens (including phenoxy) is 3. The van der Waals surface area contributed by atoms with E-state index in [1.807, 2.05) is 0 Å². The van der Waals surface area contributed by atoms with Crippen molar-refractivity contribution in [3.8, 4) is 11.5 Å². The number of nitrogens with one attached hydrogen (secondary N) is 2. The zero-order chi connectivity index (χ0) is 19.8. The molecule has 8 nitrogen and oxygen atoms in total. The zero-order valence-corrected chi connectivity index (χ0v) is 15.6. The smallest absolute Gasteiger partial charge is 0.331 e. The van der Waals surface area contributed by atoms with Crippen LogP contribution in [0.5, 0.6) is 11.5 Å². The monoisotopic (exact) mass is 388 g/mol. The van der Waals surface area contributed by atoms with Crippen molar-refractivity contribution in [2.45, 2.75) is 38.1 Å². The van der Waals surface area contributed by atoms with Gasteiger partial charge in [-0.05, 0) is 36.6 Å². The predicted molar refractivity (Wildman–Crippen MR) is 101 cm³/mol. The maximum Gasteiger partial charge on any atom is 0.331 e. The van der Waals surface area contributed by atoms with E-state index >= 15 is 0 Å². The van der Waals surface area contributed by atoms with Gasteiger partial charge in [-0.3, -0.25) is 10.1 Å². The number of rotatable bonds is 5. The van der Waals surface area contributed by atoms with Crippen LogP contribution >= 0.6 is 0 Å². The van der Waals surface area contributed by atoms with Crippen LogP contribution in [-0.2, 0) is 14.3 Å². The molecule has 0 radical (unpaired) electrons. The standard InChI is InChI=1S/C20H24N2O6/c23-18(22-20(25)21-15-4-1-2-5-15)13-28-19(24)9-7-14-6-8-16-17(12-14)27-11-3-10-26-16/h6-9,12,15H,1-5,10-11,13H2,(H2,21,22,23,25)/b9-7+. The molecule has 28 heavy (non-hydrogen) atoms. The fraction of sp³-hybridized carbons (Fsp3) is 0.450. The van der Waals surface area contributed by atoms with Crippen LogP contribution in [0.15, 0.2) is 24.3 Å². The van der Waals surface area contributed by atoms with Gasteiger partial charge >= 0.3 is 12.0 Å². The maximum atomic E-state index is 11.8. The number of carbonyl (C=O) groups is 3. The number of fused-ring (bicyclic) bond motifs is 1. The maximum absolute atomic E-state index is 11.8. The Bertz CT molecular complexity index is 755. The van der Waals surface area contributed by atoms with E-state index in [-0.39, 0.29) is 6.04 Å². The van der Waals surface area contributed by atoms with Gasteiger partial charge in [0.05, 0.1) is 13.2 Å². The number of amides is 3. The summed E-state index contributed by atoms with van der Waals surface area (Å²) in [6, 6.07) is 4.88. The minimum absolute atomic E-state index is 0.105. The van der Waals surface area contributed by atoms with Gasteiger partial charge in [-0.25, -0.2) is 9.59 Å².